The molecule has 1 aromatic heterocycles. The smallest absolute Gasteiger partial charge is 0.326 e. The summed E-state index contributed by atoms with van der Waals surface area (Å²) in [5.74, 6) is -1.54. The van der Waals surface area contributed by atoms with Crippen LogP contribution in [-0.2, 0) is 4.79 Å². The molecule has 17 heavy (non-hydrogen) atoms. The average Bonchev–Trinajstić information content (AvgIpc) is 2.58. The lowest BCUT2D eigenvalue weighted by molar-refractivity contribution is -0.142. The number of halogens is 1. The van der Waals surface area contributed by atoms with Crippen LogP contribution in [-0.4, -0.2) is 23.0 Å². The molecule has 0 aliphatic carbocycles. The maximum Gasteiger partial charge on any atom is 0.326 e. The van der Waals surface area contributed by atoms with Crippen molar-refractivity contribution in [1.82, 2.24) is 5.32 Å². The molecule has 0 bridgehead atoms. The SMILES string of the molecule is CC(C)(C)[C@H](NC(=O)c1ccoc1Br)C(=O)O. The van der Waals surface area contributed by atoms with Gasteiger partial charge in [0.15, 0.2) is 4.67 Å². The zero-order valence-corrected chi connectivity index (χ0v) is 11.4. The first-order valence-corrected chi connectivity index (χ1v) is 5.79. The van der Waals surface area contributed by atoms with Gasteiger partial charge in [0.05, 0.1) is 11.8 Å². The molecule has 0 saturated carbocycles. The van der Waals surface area contributed by atoms with Crippen molar-refractivity contribution in [3.05, 3.63) is 22.6 Å². The largest absolute Gasteiger partial charge is 0.480 e. The number of furan rings is 1. The van der Waals surface area contributed by atoms with Crippen molar-refractivity contribution in [2.45, 2.75) is 26.8 Å². The summed E-state index contributed by atoms with van der Waals surface area (Å²) in [4.78, 5) is 22.9. The molecule has 0 aliphatic rings. The quantitative estimate of drug-likeness (QED) is 0.898. The molecule has 1 rings (SSSR count). The Morgan fingerprint density at radius 2 is 2.06 bits per heavy atom. The first-order chi connectivity index (χ1) is 7.73. The fraction of sp³-hybridized carbons (Fsp3) is 0.455. The van der Waals surface area contributed by atoms with Gasteiger partial charge in [-0.2, -0.15) is 0 Å². The van der Waals surface area contributed by atoms with Gasteiger partial charge in [0.25, 0.3) is 5.91 Å². The third-order valence-electron chi connectivity index (χ3n) is 2.25. The summed E-state index contributed by atoms with van der Waals surface area (Å²) in [6.45, 7) is 5.24. The maximum atomic E-state index is 11.8. The Labute approximate surface area is 107 Å². The molecule has 94 valence electrons. The number of carbonyl (C=O) groups is 2. The molecular formula is C11H14BrNO4. The van der Waals surface area contributed by atoms with E-state index in [0.29, 0.717) is 0 Å². The van der Waals surface area contributed by atoms with Crippen LogP contribution in [0.2, 0.25) is 0 Å². The molecule has 1 atom stereocenters. The Kier molecular flexibility index (Phi) is 3.98. The minimum Gasteiger partial charge on any atom is -0.480 e. The van der Waals surface area contributed by atoms with Gasteiger partial charge in [0, 0.05) is 0 Å². The number of rotatable bonds is 3. The fourth-order valence-electron chi connectivity index (χ4n) is 1.31. The van der Waals surface area contributed by atoms with Crippen LogP contribution >= 0.6 is 15.9 Å². The van der Waals surface area contributed by atoms with Gasteiger partial charge in [0.2, 0.25) is 0 Å². The van der Waals surface area contributed by atoms with Crippen LogP contribution in [0.5, 0.6) is 0 Å². The lowest BCUT2D eigenvalue weighted by Crippen LogP contribution is -2.49. The first-order valence-electron chi connectivity index (χ1n) is 5.00. The molecule has 2 N–H and O–H groups in total. The number of nitrogens with one attached hydrogen (secondary N) is 1. The van der Waals surface area contributed by atoms with Crippen molar-refractivity contribution in [2.75, 3.05) is 0 Å². The minimum atomic E-state index is -1.06. The summed E-state index contributed by atoms with van der Waals surface area (Å²) in [6, 6.07) is 0.512. The molecule has 6 heteroatoms. The van der Waals surface area contributed by atoms with Crippen molar-refractivity contribution in [2.24, 2.45) is 5.41 Å². The van der Waals surface area contributed by atoms with Crippen molar-refractivity contribution >= 4 is 27.8 Å². The van der Waals surface area contributed by atoms with E-state index in [1.54, 1.807) is 20.8 Å². The van der Waals surface area contributed by atoms with E-state index in [1.165, 1.54) is 12.3 Å². The van der Waals surface area contributed by atoms with E-state index in [0.717, 1.165) is 0 Å². The molecule has 1 aromatic rings. The van der Waals surface area contributed by atoms with Gasteiger partial charge in [-0.05, 0) is 27.4 Å². The molecule has 0 spiro atoms. The van der Waals surface area contributed by atoms with Gasteiger partial charge in [-0.1, -0.05) is 20.8 Å². The second-order valence-electron chi connectivity index (χ2n) is 4.72. The van der Waals surface area contributed by atoms with E-state index in [4.69, 9.17) is 9.52 Å². The number of carboxylic acids is 1. The highest BCUT2D eigenvalue weighted by atomic mass is 79.9. The molecule has 0 unspecified atom stereocenters. The first kappa shape index (κ1) is 13.8. The predicted octanol–water partition coefficient (Wildman–Crippen LogP) is 2.27. The standard InChI is InChI=1S/C11H14BrNO4/c1-11(2,3)7(10(15)16)13-9(14)6-4-5-17-8(6)12/h4-5,7H,1-3H3,(H,13,14)(H,15,16)/t7-/m1/s1. The Bertz CT molecular complexity index is 433. The molecule has 0 saturated heterocycles. The topological polar surface area (TPSA) is 79.5 Å². The summed E-state index contributed by atoms with van der Waals surface area (Å²) in [7, 11) is 0. The molecule has 1 amide bonds. The number of carbonyl (C=O) groups excluding carboxylic acids is 1. The fourth-order valence-corrected chi connectivity index (χ4v) is 1.73. The normalized spacial score (nSPS) is 13.2. The van der Waals surface area contributed by atoms with Crippen molar-refractivity contribution in [3.63, 3.8) is 0 Å². The second kappa shape index (κ2) is 4.91. The number of amides is 1. The summed E-state index contributed by atoms with van der Waals surface area (Å²) in [5, 5.41) is 11.5. The van der Waals surface area contributed by atoms with Crippen molar-refractivity contribution in [3.8, 4) is 0 Å². The highest BCUT2D eigenvalue weighted by Gasteiger charge is 2.33. The van der Waals surface area contributed by atoms with Crippen LogP contribution in [0.1, 0.15) is 31.1 Å². The monoisotopic (exact) mass is 303 g/mol. The van der Waals surface area contributed by atoms with Gasteiger partial charge in [-0.3, -0.25) is 4.79 Å². The van der Waals surface area contributed by atoms with Crippen LogP contribution in [0.25, 0.3) is 0 Å². The number of hydrogen-bond donors (Lipinski definition) is 2. The van der Waals surface area contributed by atoms with Gasteiger partial charge in [-0.25, -0.2) is 4.79 Å². The van der Waals surface area contributed by atoms with Gasteiger partial charge in [-0.15, -0.1) is 0 Å². The van der Waals surface area contributed by atoms with Crippen LogP contribution < -0.4 is 5.32 Å². The van der Waals surface area contributed by atoms with Gasteiger partial charge < -0.3 is 14.8 Å². The Balaban J connectivity index is 2.86. The van der Waals surface area contributed by atoms with Crippen molar-refractivity contribution < 1.29 is 19.1 Å². The van der Waals surface area contributed by atoms with E-state index in [9.17, 15) is 9.59 Å². The van der Waals surface area contributed by atoms with Gasteiger partial charge in [0.1, 0.15) is 6.04 Å². The van der Waals surface area contributed by atoms with Crippen LogP contribution in [0.3, 0.4) is 0 Å². The molecule has 0 radical (unpaired) electrons. The van der Waals surface area contributed by atoms with Crippen LogP contribution in [0.15, 0.2) is 21.4 Å². The van der Waals surface area contributed by atoms with Crippen LogP contribution in [0.4, 0.5) is 0 Å². The predicted molar refractivity (Wildman–Crippen MR) is 64.8 cm³/mol. The number of carboxylic acid groups (broad SMARTS) is 1. The van der Waals surface area contributed by atoms with E-state index in [1.807, 2.05) is 0 Å². The van der Waals surface area contributed by atoms with Crippen LogP contribution in [0, 0.1) is 5.41 Å². The lowest BCUT2D eigenvalue weighted by Gasteiger charge is -2.27. The van der Waals surface area contributed by atoms with E-state index in [-0.39, 0.29) is 10.2 Å². The molecule has 0 fully saturated rings. The average molecular weight is 304 g/mol. The maximum absolute atomic E-state index is 11.8. The number of hydrogen-bond acceptors (Lipinski definition) is 3. The van der Waals surface area contributed by atoms with E-state index < -0.39 is 23.3 Å². The number of aliphatic carboxylic acids is 1. The highest BCUT2D eigenvalue weighted by Crippen LogP contribution is 2.22. The third kappa shape index (κ3) is 3.33. The summed E-state index contributed by atoms with van der Waals surface area (Å²) < 4.78 is 5.21. The zero-order valence-electron chi connectivity index (χ0n) is 9.78. The Morgan fingerprint density at radius 1 is 1.47 bits per heavy atom. The Hall–Kier alpha value is -1.30. The molecular weight excluding hydrogens is 290 g/mol. The Morgan fingerprint density at radius 3 is 2.41 bits per heavy atom. The van der Waals surface area contributed by atoms with E-state index in [2.05, 4.69) is 21.2 Å². The molecule has 0 aromatic carbocycles. The second-order valence-corrected chi connectivity index (χ2v) is 5.44. The van der Waals surface area contributed by atoms with E-state index >= 15 is 0 Å². The third-order valence-corrected chi connectivity index (χ3v) is 2.87. The molecule has 1 heterocycles. The summed E-state index contributed by atoms with van der Waals surface area (Å²) in [5.41, 5.74) is -0.293. The van der Waals surface area contributed by atoms with Crippen molar-refractivity contribution in [1.29, 1.82) is 0 Å². The lowest BCUT2D eigenvalue weighted by atomic mass is 9.86. The van der Waals surface area contributed by atoms with Gasteiger partial charge >= 0.3 is 5.97 Å². The zero-order chi connectivity index (χ0) is 13.2. The highest BCUT2D eigenvalue weighted by molar-refractivity contribution is 9.10. The molecule has 5 nitrogen and oxygen atoms in total. The molecule has 0 aliphatic heterocycles. The summed E-state index contributed by atoms with van der Waals surface area (Å²) in [6.07, 6.45) is 1.35. The summed E-state index contributed by atoms with van der Waals surface area (Å²) >= 11 is 3.07. The minimum absolute atomic E-state index is 0.278.